The van der Waals surface area contributed by atoms with Gasteiger partial charge in [-0.05, 0) is 0 Å². The van der Waals surface area contributed by atoms with Gasteiger partial charge in [0.15, 0.2) is 0 Å². The Morgan fingerprint density at radius 1 is 0.533 bits per heavy atom. The van der Waals surface area contributed by atoms with E-state index < -0.39 is 0 Å². The van der Waals surface area contributed by atoms with Gasteiger partial charge in [-0.3, -0.25) is 0 Å². The van der Waals surface area contributed by atoms with Crippen molar-refractivity contribution in [1.82, 2.24) is 0 Å². The van der Waals surface area contributed by atoms with Crippen molar-refractivity contribution in [3.63, 3.8) is 0 Å². The van der Waals surface area contributed by atoms with Crippen LogP contribution in [0.4, 0.5) is 0 Å². The summed E-state index contributed by atoms with van der Waals surface area (Å²) < 4.78 is 7.84. The number of rotatable bonds is 6. The van der Waals surface area contributed by atoms with Crippen molar-refractivity contribution >= 4 is 11.8 Å². The van der Waals surface area contributed by atoms with Crippen molar-refractivity contribution in [3.05, 3.63) is 133 Å². The Bertz CT molecular complexity index is 1140. The number of ketones is 1. The van der Waals surface area contributed by atoms with E-state index in [1.165, 1.54) is 7.14 Å². The molecular weight excluding hydrogens is 487 g/mol. The second kappa shape index (κ2) is 9.50. The topological polar surface area (TPSA) is 43.4 Å². The van der Waals surface area contributed by atoms with E-state index in [4.69, 9.17) is 4.74 Å². The Morgan fingerprint density at radius 2 is 1.00 bits per heavy atom. The van der Waals surface area contributed by atoms with Crippen LogP contribution in [0.3, 0.4) is 0 Å². The quantitative estimate of drug-likeness (QED) is 0.175. The molecule has 4 aromatic rings. The minimum absolute atomic E-state index is 0.0323. The Hall–Kier alpha value is -3.25. The number of hydrogen-bond acceptors (Lipinski definition) is 3. The van der Waals surface area contributed by atoms with E-state index in [9.17, 15) is 9.59 Å². The molecule has 0 saturated carbocycles. The number of carbonyl (C=O) groups excluding carboxylic acids is 2. The van der Waals surface area contributed by atoms with Crippen LogP contribution in [-0.2, 0) is 0 Å². The fraction of sp³-hybridized carbons (Fsp3) is 0. The zero-order chi connectivity index (χ0) is 20.8. The molecule has 0 aliphatic carbocycles. The van der Waals surface area contributed by atoms with Gasteiger partial charge in [-0.2, -0.15) is 0 Å². The zero-order valence-electron chi connectivity index (χ0n) is 16.0. The summed E-state index contributed by atoms with van der Waals surface area (Å²) in [4.78, 5) is 24.6. The van der Waals surface area contributed by atoms with Crippen LogP contribution in [0.1, 0.15) is 26.3 Å². The van der Waals surface area contributed by atoms with Crippen LogP contribution in [0.5, 0.6) is 5.75 Å². The molecule has 4 heteroatoms. The maximum absolute atomic E-state index is 12.5. The van der Waals surface area contributed by atoms with Crippen molar-refractivity contribution in [1.29, 1.82) is 0 Å². The molecule has 0 atom stereocenters. The number of ether oxygens (including phenoxy) is 1. The molecule has 3 nitrogen and oxygen atoms in total. The Kier molecular flexibility index (Phi) is 6.35. The first kappa shape index (κ1) is 20.0. The van der Waals surface area contributed by atoms with Gasteiger partial charge >= 0.3 is 186 Å². The molecular formula is C26H18IO3-. The van der Waals surface area contributed by atoms with Crippen LogP contribution in [0.2, 0.25) is 0 Å². The van der Waals surface area contributed by atoms with Gasteiger partial charge in [-0.15, -0.1) is 0 Å². The van der Waals surface area contributed by atoms with Crippen LogP contribution in [0.15, 0.2) is 109 Å². The SMILES string of the molecule is O=C(Oc1ccc([I-]c2ccc(C(=O)c3ccccc3)cc2)cc1)c1ccccc1. The molecule has 0 unspecified atom stereocenters. The second-order valence-electron chi connectivity index (χ2n) is 6.51. The van der Waals surface area contributed by atoms with Crippen molar-refractivity contribution in [2.45, 2.75) is 0 Å². The molecule has 4 aromatic carbocycles. The van der Waals surface area contributed by atoms with Gasteiger partial charge in [0, 0.05) is 0 Å². The van der Waals surface area contributed by atoms with E-state index in [0.717, 1.165) is 0 Å². The zero-order valence-corrected chi connectivity index (χ0v) is 18.2. The average Bonchev–Trinajstić information content (AvgIpc) is 2.81. The number of benzene rings is 4. The first-order valence-corrected chi connectivity index (χ1v) is 11.6. The molecule has 0 heterocycles. The van der Waals surface area contributed by atoms with Crippen LogP contribution in [-0.4, -0.2) is 11.8 Å². The van der Waals surface area contributed by atoms with E-state index in [-0.39, 0.29) is 33.0 Å². The van der Waals surface area contributed by atoms with Crippen LogP contribution >= 0.6 is 0 Å². The first-order chi connectivity index (χ1) is 14.7. The van der Waals surface area contributed by atoms with Crippen molar-refractivity contribution < 1.29 is 35.5 Å². The summed E-state index contributed by atoms with van der Waals surface area (Å²) in [7, 11) is 0. The summed E-state index contributed by atoms with van der Waals surface area (Å²) in [5.74, 6) is 0.196. The first-order valence-electron chi connectivity index (χ1n) is 9.41. The van der Waals surface area contributed by atoms with Crippen LogP contribution < -0.4 is 25.9 Å². The average molecular weight is 505 g/mol. The van der Waals surface area contributed by atoms with Crippen molar-refractivity contribution in [2.24, 2.45) is 0 Å². The summed E-state index contributed by atoms with van der Waals surface area (Å²) in [6.45, 7) is 0. The molecule has 0 N–H and O–H groups in total. The fourth-order valence-corrected chi connectivity index (χ4v) is 5.01. The minimum atomic E-state index is -0.389. The monoisotopic (exact) mass is 505 g/mol. The molecule has 4 rings (SSSR count). The third kappa shape index (κ3) is 5.02. The van der Waals surface area contributed by atoms with E-state index in [0.29, 0.717) is 22.4 Å². The summed E-state index contributed by atoms with van der Waals surface area (Å²) >= 11 is -0.389. The maximum atomic E-state index is 12.5. The van der Waals surface area contributed by atoms with Crippen LogP contribution in [0, 0.1) is 7.14 Å². The Balaban J connectivity index is 1.39. The molecule has 148 valence electrons. The number of carbonyl (C=O) groups is 2. The molecule has 0 aromatic heterocycles. The summed E-state index contributed by atoms with van der Waals surface area (Å²) in [6, 6.07) is 33.7. The van der Waals surface area contributed by atoms with Gasteiger partial charge in [-0.25, -0.2) is 0 Å². The standard InChI is InChI=1S/C26H18IO3/c28-25(19-7-3-1-4-8-19)20-11-13-22(14-12-20)27-23-15-17-24(18-16-23)30-26(29)21-9-5-2-6-10-21/h1-18H/q-1. The fourth-order valence-electron chi connectivity index (χ4n) is 2.85. The Labute approximate surface area is 185 Å². The van der Waals surface area contributed by atoms with Crippen molar-refractivity contribution in [3.8, 4) is 5.75 Å². The van der Waals surface area contributed by atoms with Gasteiger partial charge in [0.05, 0.1) is 0 Å². The predicted molar refractivity (Wildman–Crippen MR) is 112 cm³/mol. The molecule has 0 bridgehead atoms. The number of esters is 1. The summed E-state index contributed by atoms with van der Waals surface area (Å²) in [6.07, 6.45) is 0. The second-order valence-corrected chi connectivity index (χ2v) is 9.54. The molecule has 0 aliphatic rings. The molecule has 0 fully saturated rings. The molecule has 0 aliphatic heterocycles. The normalized spacial score (nSPS) is 10.5. The van der Waals surface area contributed by atoms with Crippen molar-refractivity contribution in [2.75, 3.05) is 0 Å². The third-order valence-electron chi connectivity index (χ3n) is 4.39. The molecule has 0 saturated heterocycles. The molecule has 0 spiro atoms. The van der Waals surface area contributed by atoms with E-state index >= 15 is 0 Å². The van der Waals surface area contributed by atoms with E-state index in [1.807, 2.05) is 97.1 Å². The molecule has 0 amide bonds. The number of halogens is 1. The predicted octanol–water partition coefficient (Wildman–Crippen LogP) is 2.27. The van der Waals surface area contributed by atoms with Gasteiger partial charge in [0.2, 0.25) is 0 Å². The van der Waals surface area contributed by atoms with E-state index in [2.05, 4.69) is 0 Å². The Morgan fingerprint density at radius 3 is 1.57 bits per heavy atom. The van der Waals surface area contributed by atoms with Crippen LogP contribution in [0.25, 0.3) is 0 Å². The van der Waals surface area contributed by atoms with Gasteiger partial charge in [0.25, 0.3) is 0 Å². The molecule has 0 radical (unpaired) electrons. The van der Waals surface area contributed by atoms with Gasteiger partial charge < -0.3 is 0 Å². The summed E-state index contributed by atoms with van der Waals surface area (Å²) in [5.41, 5.74) is 1.91. The third-order valence-corrected chi connectivity index (χ3v) is 7.08. The summed E-state index contributed by atoms with van der Waals surface area (Å²) in [5, 5.41) is 0. The molecule has 30 heavy (non-hydrogen) atoms. The van der Waals surface area contributed by atoms with E-state index in [1.54, 1.807) is 12.1 Å². The van der Waals surface area contributed by atoms with Gasteiger partial charge in [0.1, 0.15) is 0 Å². The number of hydrogen-bond donors (Lipinski definition) is 0. The van der Waals surface area contributed by atoms with Gasteiger partial charge in [-0.1, -0.05) is 0 Å².